The van der Waals surface area contributed by atoms with Crippen molar-refractivity contribution in [2.24, 2.45) is 17.8 Å². The van der Waals surface area contributed by atoms with Crippen molar-refractivity contribution in [1.82, 2.24) is 0 Å². The van der Waals surface area contributed by atoms with Crippen molar-refractivity contribution in [1.29, 1.82) is 5.26 Å². The molecule has 0 unspecified atom stereocenters. The van der Waals surface area contributed by atoms with Crippen LogP contribution in [-0.2, 0) is 4.79 Å². The predicted octanol–water partition coefficient (Wildman–Crippen LogP) is 1.95. The standard InChI is InChI=1S/C13H11FN2O/c14-8-1-3-9(4-2-8)16-7-11-10(5-6-15)12(11)13(16)17/h1-4,10-12H,5,7H2/t10-,11-,12+/m0/s1. The summed E-state index contributed by atoms with van der Waals surface area (Å²) in [4.78, 5) is 13.7. The SMILES string of the molecule is N#CC[C@H]1[C@@H]2CN(c3ccc(F)cc3)C(=O)[C@H]12. The molecule has 3 nitrogen and oxygen atoms in total. The first kappa shape index (κ1) is 10.3. The summed E-state index contributed by atoms with van der Waals surface area (Å²) in [6, 6.07) is 8.09. The van der Waals surface area contributed by atoms with E-state index in [1.807, 2.05) is 0 Å². The quantitative estimate of drug-likeness (QED) is 0.779. The fourth-order valence-electron chi connectivity index (χ4n) is 2.78. The highest BCUT2D eigenvalue weighted by Gasteiger charge is 2.61. The monoisotopic (exact) mass is 230 g/mol. The van der Waals surface area contributed by atoms with Gasteiger partial charge < -0.3 is 4.90 Å². The molecule has 1 amide bonds. The van der Waals surface area contributed by atoms with Gasteiger partial charge in [0.15, 0.2) is 0 Å². The van der Waals surface area contributed by atoms with E-state index in [4.69, 9.17) is 5.26 Å². The van der Waals surface area contributed by atoms with Gasteiger partial charge in [-0.15, -0.1) is 0 Å². The third-order valence-corrected chi connectivity index (χ3v) is 3.74. The predicted molar refractivity (Wildman–Crippen MR) is 59.5 cm³/mol. The summed E-state index contributed by atoms with van der Waals surface area (Å²) in [5.41, 5.74) is 0.749. The van der Waals surface area contributed by atoms with E-state index < -0.39 is 0 Å². The zero-order chi connectivity index (χ0) is 12.0. The number of rotatable bonds is 2. The minimum Gasteiger partial charge on any atom is -0.312 e. The van der Waals surface area contributed by atoms with Crippen LogP contribution in [0.2, 0.25) is 0 Å². The van der Waals surface area contributed by atoms with Gasteiger partial charge in [-0.3, -0.25) is 4.79 Å². The van der Waals surface area contributed by atoms with Crippen LogP contribution < -0.4 is 4.90 Å². The zero-order valence-corrected chi connectivity index (χ0v) is 9.14. The molecule has 1 aliphatic carbocycles. The number of halogens is 1. The minimum atomic E-state index is -0.298. The smallest absolute Gasteiger partial charge is 0.230 e. The summed E-state index contributed by atoms with van der Waals surface area (Å²) < 4.78 is 12.8. The van der Waals surface area contributed by atoms with E-state index in [1.165, 1.54) is 12.1 Å². The number of nitrogens with zero attached hydrogens (tertiary/aromatic N) is 2. The van der Waals surface area contributed by atoms with Gasteiger partial charge in [0.1, 0.15) is 5.82 Å². The molecule has 17 heavy (non-hydrogen) atoms. The van der Waals surface area contributed by atoms with Crippen LogP contribution in [0.5, 0.6) is 0 Å². The van der Waals surface area contributed by atoms with E-state index in [-0.39, 0.29) is 23.6 Å². The molecule has 3 atom stereocenters. The third-order valence-electron chi connectivity index (χ3n) is 3.74. The second-order valence-electron chi connectivity index (χ2n) is 4.64. The van der Waals surface area contributed by atoms with Crippen molar-refractivity contribution in [3.8, 4) is 6.07 Å². The Kier molecular flexibility index (Phi) is 2.15. The van der Waals surface area contributed by atoms with Crippen LogP contribution in [0.25, 0.3) is 0 Å². The van der Waals surface area contributed by atoms with Gasteiger partial charge in [-0.2, -0.15) is 5.26 Å². The lowest BCUT2D eigenvalue weighted by Crippen LogP contribution is -2.29. The number of anilines is 1. The molecule has 2 aliphatic rings. The number of amides is 1. The Hall–Kier alpha value is -1.89. The number of benzene rings is 1. The topological polar surface area (TPSA) is 44.1 Å². The zero-order valence-electron chi connectivity index (χ0n) is 9.14. The molecule has 4 heteroatoms. The maximum absolute atomic E-state index is 12.8. The Morgan fingerprint density at radius 1 is 1.41 bits per heavy atom. The lowest BCUT2D eigenvalue weighted by Gasteiger charge is -2.19. The van der Waals surface area contributed by atoms with Gasteiger partial charge in [0.2, 0.25) is 5.91 Å². The Morgan fingerprint density at radius 3 is 2.65 bits per heavy atom. The van der Waals surface area contributed by atoms with Crippen LogP contribution in [0.15, 0.2) is 24.3 Å². The second-order valence-corrected chi connectivity index (χ2v) is 4.64. The van der Waals surface area contributed by atoms with Gasteiger partial charge in [-0.1, -0.05) is 0 Å². The van der Waals surface area contributed by atoms with E-state index >= 15 is 0 Å². The van der Waals surface area contributed by atoms with E-state index in [0.717, 1.165) is 5.69 Å². The molecule has 3 rings (SSSR count). The summed E-state index contributed by atoms with van der Waals surface area (Å²) in [7, 11) is 0. The van der Waals surface area contributed by atoms with Crippen LogP contribution in [0.4, 0.5) is 10.1 Å². The van der Waals surface area contributed by atoms with E-state index in [9.17, 15) is 9.18 Å². The molecule has 0 spiro atoms. The molecule has 1 saturated carbocycles. The molecule has 1 saturated heterocycles. The highest BCUT2D eigenvalue weighted by molar-refractivity contribution is 6.00. The van der Waals surface area contributed by atoms with Crippen LogP contribution >= 0.6 is 0 Å². The maximum Gasteiger partial charge on any atom is 0.230 e. The fraction of sp³-hybridized carbons (Fsp3) is 0.385. The third kappa shape index (κ3) is 1.50. The molecule has 1 aromatic carbocycles. The minimum absolute atomic E-state index is 0.0275. The molecule has 86 valence electrons. The van der Waals surface area contributed by atoms with Gasteiger partial charge in [0.05, 0.1) is 6.07 Å². The van der Waals surface area contributed by atoms with Crippen molar-refractivity contribution in [2.75, 3.05) is 11.4 Å². The molecule has 0 radical (unpaired) electrons. The number of hydrogen-bond donors (Lipinski definition) is 0. The lowest BCUT2D eigenvalue weighted by molar-refractivity contribution is -0.119. The number of carbonyl (C=O) groups excluding carboxylic acids is 1. The molecule has 1 aromatic rings. The van der Waals surface area contributed by atoms with Crippen molar-refractivity contribution in [2.45, 2.75) is 6.42 Å². The molecule has 0 bridgehead atoms. The largest absolute Gasteiger partial charge is 0.312 e. The Labute approximate surface area is 98.5 Å². The Morgan fingerprint density at radius 2 is 2.12 bits per heavy atom. The van der Waals surface area contributed by atoms with Crippen LogP contribution in [0.1, 0.15) is 6.42 Å². The van der Waals surface area contributed by atoms with Gasteiger partial charge >= 0.3 is 0 Å². The molecule has 2 fully saturated rings. The van der Waals surface area contributed by atoms with E-state index in [0.29, 0.717) is 18.9 Å². The van der Waals surface area contributed by atoms with Crippen molar-refractivity contribution < 1.29 is 9.18 Å². The molecule has 1 heterocycles. The lowest BCUT2D eigenvalue weighted by atomic mass is 10.2. The Balaban J connectivity index is 1.76. The van der Waals surface area contributed by atoms with E-state index in [2.05, 4.69) is 6.07 Å². The molecular formula is C13H11FN2O. The average Bonchev–Trinajstić information content (AvgIpc) is 2.88. The second kappa shape index (κ2) is 3.56. The molecule has 0 aromatic heterocycles. The fourth-order valence-corrected chi connectivity index (χ4v) is 2.78. The number of hydrogen-bond acceptors (Lipinski definition) is 2. The van der Waals surface area contributed by atoms with E-state index in [1.54, 1.807) is 17.0 Å². The molecule has 0 N–H and O–H groups in total. The summed E-state index contributed by atoms with van der Waals surface area (Å²) >= 11 is 0. The first-order chi connectivity index (χ1) is 8.22. The van der Waals surface area contributed by atoms with Crippen LogP contribution in [-0.4, -0.2) is 12.5 Å². The average molecular weight is 230 g/mol. The first-order valence-corrected chi connectivity index (χ1v) is 5.66. The number of carbonyl (C=O) groups is 1. The van der Waals surface area contributed by atoms with Gasteiger partial charge in [-0.05, 0) is 36.1 Å². The highest BCUT2D eigenvalue weighted by atomic mass is 19.1. The summed E-state index contributed by atoms with van der Waals surface area (Å²) in [6.07, 6.45) is 0.471. The van der Waals surface area contributed by atoms with Crippen molar-refractivity contribution >= 4 is 11.6 Å². The number of nitriles is 1. The van der Waals surface area contributed by atoms with Crippen molar-refractivity contribution in [3.63, 3.8) is 0 Å². The highest BCUT2D eigenvalue weighted by Crippen LogP contribution is 2.54. The summed E-state index contributed by atoms with van der Waals surface area (Å²) in [6.45, 7) is 0.668. The van der Waals surface area contributed by atoms with Gasteiger partial charge in [0.25, 0.3) is 0 Å². The molecule has 1 aliphatic heterocycles. The Bertz CT molecular complexity index is 505. The maximum atomic E-state index is 12.8. The summed E-state index contributed by atoms with van der Waals surface area (Å²) in [5.74, 6) is 0.394. The van der Waals surface area contributed by atoms with Crippen molar-refractivity contribution in [3.05, 3.63) is 30.1 Å². The number of piperidine rings is 1. The first-order valence-electron chi connectivity index (χ1n) is 5.66. The van der Waals surface area contributed by atoms with Gasteiger partial charge in [0, 0.05) is 24.6 Å². The molecular weight excluding hydrogens is 219 g/mol. The summed E-state index contributed by atoms with van der Waals surface area (Å²) in [5, 5.41) is 8.61. The van der Waals surface area contributed by atoms with Gasteiger partial charge in [-0.25, -0.2) is 4.39 Å². The normalized spacial score (nSPS) is 30.0. The van der Waals surface area contributed by atoms with Crippen LogP contribution in [0, 0.1) is 34.9 Å². The van der Waals surface area contributed by atoms with Crippen LogP contribution in [0.3, 0.4) is 0 Å². The number of fused-ring (bicyclic) bond motifs is 1.